The molecule has 0 saturated heterocycles. The highest BCUT2D eigenvalue weighted by atomic mass is 16.5. The molecule has 0 saturated carbocycles. The van der Waals surface area contributed by atoms with E-state index in [1.165, 1.54) is 0 Å². The first kappa shape index (κ1) is 11.3. The second-order valence-electron chi connectivity index (χ2n) is 3.07. The third-order valence-corrected chi connectivity index (χ3v) is 1.60. The second kappa shape index (κ2) is 5.18. The van der Waals surface area contributed by atoms with Gasteiger partial charge in [-0.05, 0) is 24.3 Å². The van der Waals surface area contributed by atoms with Gasteiger partial charge in [0.15, 0.2) is 0 Å². The van der Waals surface area contributed by atoms with Gasteiger partial charge in [-0.25, -0.2) is 4.79 Å². The summed E-state index contributed by atoms with van der Waals surface area (Å²) in [5.74, 6) is -0.536. The van der Waals surface area contributed by atoms with E-state index in [0.717, 1.165) is 0 Å². The number of rotatable bonds is 3. The largest absolute Gasteiger partial charge is 0.628 e. The molecule has 2 N–H and O–H groups in total. The standard InChI is InChI=1S/C9H12N4O2/c1-13(2)12-10-8-5-3-7(4-6-8)9(14)11-15/h3-6H,11H2,1-2H3. The molecular weight excluding hydrogens is 196 g/mol. The Morgan fingerprint density at radius 2 is 1.93 bits per heavy atom. The fourth-order valence-electron chi connectivity index (χ4n) is 0.901. The maximum atomic E-state index is 11.0. The van der Waals surface area contributed by atoms with Crippen molar-refractivity contribution in [3.8, 4) is 0 Å². The second-order valence-corrected chi connectivity index (χ2v) is 3.07. The van der Waals surface area contributed by atoms with Gasteiger partial charge in [0.25, 0.3) is 0 Å². The van der Waals surface area contributed by atoms with E-state index in [4.69, 9.17) is 0 Å². The van der Waals surface area contributed by atoms with E-state index in [-0.39, 0.29) is 5.48 Å². The lowest BCUT2D eigenvalue weighted by Crippen LogP contribution is -2.81. The molecule has 6 heteroatoms. The average Bonchev–Trinajstić information content (AvgIpc) is 2.26. The molecule has 0 aliphatic carbocycles. The SMILES string of the molecule is CN(C)N=Nc1ccc(C(=O)[NH2+][O-])cc1. The molecule has 1 aromatic carbocycles. The van der Waals surface area contributed by atoms with E-state index < -0.39 is 5.91 Å². The molecule has 0 atom stereocenters. The van der Waals surface area contributed by atoms with Gasteiger partial charge >= 0.3 is 5.91 Å². The van der Waals surface area contributed by atoms with Crippen molar-refractivity contribution in [1.29, 1.82) is 0 Å². The number of nitrogens with zero attached hydrogens (tertiary/aromatic N) is 3. The summed E-state index contributed by atoms with van der Waals surface area (Å²) in [7, 11) is 3.52. The van der Waals surface area contributed by atoms with E-state index in [0.29, 0.717) is 11.3 Å². The molecule has 0 fully saturated rings. The molecule has 0 aliphatic rings. The average molecular weight is 208 g/mol. The van der Waals surface area contributed by atoms with Crippen LogP contribution in [0, 0.1) is 5.21 Å². The van der Waals surface area contributed by atoms with Crippen LogP contribution in [0.15, 0.2) is 34.6 Å². The first-order valence-electron chi connectivity index (χ1n) is 4.32. The van der Waals surface area contributed by atoms with Crippen molar-refractivity contribution in [1.82, 2.24) is 5.01 Å². The van der Waals surface area contributed by atoms with Crippen molar-refractivity contribution in [3.05, 3.63) is 35.0 Å². The number of nitrogens with two attached hydrogens (primary N) is 1. The summed E-state index contributed by atoms with van der Waals surface area (Å²) in [6.07, 6.45) is 0. The lowest BCUT2D eigenvalue weighted by molar-refractivity contribution is -0.481. The van der Waals surface area contributed by atoms with Crippen LogP contribution in [-0.2, 0) is 0 Å². The van der Waals surface area contributed by atoms with Crippen LogP contribution >= 0.6 is 0 Å². The first-order chi connectivity index (χ1) is 7.13. The van der Waals surface area contributed by atoms with Crippen LogP contribution in [-0.4, -0.2) is 25.0 Å². The van der Waals surface area contributed by atoms with Crippen LogP contribution in [0.5, 0.6) is 0 Å². The van der Waals surface area contributed by atoms with Gasteiger partial charge in [-0.2, -0.15) is 0 Å². The molecule has 0 spiro atoms. The molecule has 1 amide bonds. The van der Waals surface area contributed by atoms with Gasteiger partial charge in [0, 0.05) is 14.1 Å². The molecule has 6 nitrogen and oxygen atoms in total. The van der Waals surface area contributed by atoms with Crippen molar-refractivity contribution in [3.63, 3.8) is 0 Å². The molecule has 15 heavy (non-hydrogen) atoms. The van der Waals surface area contributed by atoms with Crippen LogP contribution in [0.4, 0.5) is 5.69 Å². The maximum Gasteiger partial charge on any atom is 0.342 e. The molecule has 1 aromatic rings. The Kier molecular flexibility index (Phi) is 3.90. The van der Waals surface area contributed by atoms with Gasteiger partial charge < -0.3 is 10.7 Å². The molecule has 80 valence electrons. The monoisotopic (exact) mass is 208 g/mol. The van der Waals surface area contributed by atoms with Gasteiger partial charge in [-0.15, -0.1) is 5.11 Å². The molecule has 0 unspecified atom stereocenters. The van der Waals surface area contributed by atoms with Gasteiger partial charge in [0.2, 0.25) is 0 Å². The van der Waals surface area contributed by atoms with E-state index in [1.807, 2.05) is 0 Å². The predicted octanol–water partition coefficient (Wildman–Crippen LogP) is 0.448. The number of hydroxylamine groups is 1. The molecule has 1 rings (SSSR count). The first-order valence-corrected chi connectivity index (χ1v) is 4.32. The number of carbonyl (C=O) groups excluding carboxylic acids is 1. The zero-order chi connectivity index (χ0) is 11.3. The Labute approximate surface area is 87.2 Å². The van der Waals surface area contributed by atoms with Gasteiger partial charge in [-0.3, -0.25) is 5.01 Å². The Morgan fingerprint density at radius 3 is 2.40 bits per heavy atom. The Morgan fingerprint density at radius 1 is 1.33 bits per heavy atom. The highest BCUT2D eigenvalue weighted by molar-refractivity contribution is 5.86. The maximum absolute atomic E-state index is 11.0. The number of primary amides is 1. The molecule has 0 bridgehead atoms. The van der Waals surface area contributed by atoms with Crippen molar-refractivity contribution < 1.29 is 10.3 Å². The van der Waals surface area contributed by atoms with Crippen LogP contribution in [0.25, 0.3) is 0 Å². The summed E-state index contributed by atoms with van der Waals surface area (Å²) >= 11 is 0. The molecule has 0 radical (unpaired) electrons. The number of benzene rings is 1. The van der Waals surface area contributed by atoms with Crippen LogP contribution in [0.2, 0.25) is 0 Å². The van der Waals surface area contributed by atoms with Crippen molar-refractivity contribution in [2.24, 2.45) is 10.3 Å². The fourth-order valence-corrected chi connectivity index (χ4v) is 0.901. The zero-order valence-electron chi connectivity index (χ0n) is 8.54. The van der Waals surface area contributed by atoms with Crippen molar-refractivity contribution in [2.45, 2.75) is 0 Å². The summed E-state index contributed by atoms with van der Waals surface area (Å²) in [5.41, 5.74) is 1.27. The molecule has 0 aliphatic heterocycles. The van der Waals surface area contributed by atoms with Gasteiger partial charge in [0.1, 0.15) is 0 Å². The zero-order valence-corrected chi connectivity index (χ0v) is 8.54. The predicted molar refractivity (Wildman–Crippen MR) is 54.3 cm³/mol. The number of hydrogen-bond donors (Lipinski definition) is 1. The molecule has 0 aromatic heterocycles. The van der Waals surface area contributed by atoms with Crippen molar-refractivity contribution >= 4 is 11.6 Å². The Bertz CT molecular complexity index is 359. The number of quaternary nitrogens is 1. The lowest BCUT2D eigenvalue weighted by Gasteiger charge is -2.01. The van der Waals surface area contributed by atoms with E-state index >= 15 is 0 Å². The Balaban J connectivity index is 2.77. The third kappa shape index (κ3) is 3.45. The summed E-state index contributed by atoms with van der Waals surface area (Å²) in [4.78, 5) is 11.0. The minimum absolute atomic E-state index is 0.288. The third-order valence-electron chi connectivity index (χ3n) is 1.60. The summed E-state index contributed by atoms with van der Waals surface area (Å²) < 4.78 is 0. The smallest absolute Gasteiger partial charge is 0.342 e. The van der Waals surface area contributed by atoms with Crippen LogP contribution < -0.4 is 5.48 Å². The highest BCUT2D eigenvalue weighted by Crippen LogP contribution is 2.13. The summed E-state index contributed by atoms with van der Waals surface area (Å²) in [6, 6.07) is 6.34. The van der Waals surface area contributed by atoms with Crippen molar-refractivity contribution in [2.75, 3.05) is 14.1 Å². The number of carbonyl (C=O) groups is 1. The summed E-state index contributed by atoms with van der Waals surface area (Å²) in [6.45, 7) is 0. The van der Waals surface area contributed by atoms with Gasteiger partial charge in [0.05, 0.1) is 11.3 Å². The number of hydrogen-bond acceptors (Lipinski definition) is 4. The highest BCUT2D eigenvalue weighted by Gasteiger charge is 2.04. The lowest BCUT2D eigenvalue weighted by atomic mass is 10.2. The Hall–Kier alpha value is -1.79. The summed E-state index contributed by atoms with van der Waals surface area (Å²) in [5, 5.41) is 19.4. The minimum Gasteiger partial charge on any atom is -0.628 e. The topological polar surface area (TPSA) is 84.7 Å². The van der Waals surface area contributed by atoms with Gasteiger partial charge in [-0.1, -0.05) is 5.22 Å². The molecular formula is C9H12N4O2. The van der Waals surface area contributed by atoms with E-state index in [2.05, 4.69) is 10.3 Å². The van der Waals surface area contributed by atoms with Crippen LogP contribution in [0.3, 0.4) is 0 Å². The van der Waals surface area contributed by atoms with E-state index in [1.54, 1.807) is 43.4 Å². The fraction of sp³-hybridized carbons (Fsp3) is 0.222. The molecule has 0 heterocycles. The normalized spacial score (nSPS) is 10.6. The minimum atomic E-state index is -0.536. The quantitative estimate of drug-likeness (QED) is 0.578. The van der Waals surface area contributed by atoms with Crippen LogP contribution in [0.1, 0.15) is 10.4 Å². The number of amides is 1. The van der Waals surface area contributed by atoms with E-state index in [9.17, 15) is 10.0 Å².